The Hall–Kier alpha value is -2.18. The van der Waals surface area contributed by atoms with Crippen molar-refractivity contribution in [3.8, 4) is 0 Å². The predicted molar refractivity (Wildman–Crippen MR) is 106 cm³/mol. The van der Waals surface area contributed by atoms with Gasteiger partial charge in [0.1, 0.15) is 0 Å². The molecule has 0 saturated carbocycles. The number of nitrogens with zero attached hydrogens (tertiary/aromatic N) is 1. The van der Waals surface area contributed by atoms with E-state index in [1.807, 2.05) is 37.3 Å². The number of carbonyl (C=O) groups is 1. The first-order valence-electron chi connectivity index (χ1n) is 9.31. The highest BCUT2D eigenvalue weighted by molar-refractivity contribution is 7.89. The number of hydrogen-bond donors (Lipinski definition) is 1. The highest BCUT2D eigenvalue weighted by Gasteiger charge is 2.28. The number of nitrogens with one attached hydrogen (secondary N) is 1. The van der Waals surface area contributed by atoms with E-state index in [0.29, 0.717) is 31.1 Å². The summed E-state index contributed by atoms with van der Waals surface area (Å²) in [6, 6.07) is 14.4. The Labute approximate surface area is 161 Å². The first-order chi connectivity index (χ1) is 12.9. The number of sulfonamides is 1. The molecule has 0 bridgehead atoms. The van der Waals surface area contributed by atoms with Crippen LogP contribution in [0.25, 0.3) is 0 Å². The second-order valence-corrected chi connectivity index (χ2v) is 9.17. The van der Waals surface area contributed by atoms with Crippen molar-refractivity contribution < 1.29 is 13.2 Å². The van der Waals surface area contributed by atoms with Crippen molar-refractivity contribution in [3.05, 3.63) is 65.2 Å². The van der Waals surface area contributed by atoms with Gasteiger partial charge >= 0.3 is 0 Å². The minimum Gasteiger partial charge on any atom is -0.348 e. The third kappa shape index (κ3) is 4.57. The molecule has 0 unspecified atom stereocenters. The number of carbonyl (C=O) groups excluding carboxylic acids is 1. The van der Waals surface area contributed by atoms with Gasteiger partial charge in [0.05, 0.1) is 4.90 Å². The van der Waals surface area contributed by atoms with Crippen molar-refractivity contribution in [2.24, 2.45) is 5.92 Å². The molecule has 6 heteroatoms. The van der Waals surface area contributed by atoms with E-state index in [1.165, 1.54) is 10.4 Å². The molecule has 5 nitrogen and oxygen atoms in total. The van der Waals surface area contributed by atoms with Gasteiger partial charge in [0.2, 0.25) is 10.0 Å². The lowest BCUT2D eigenvalue weighted by atomic mass is 10.0. The molecule has 144 valence electrons. The van der Waals surface area contributed by atoms with E-state index in [1.54, 1.807) is 12.1 Å². The average Bonchev–Trinajstić information content (AvgIpc) is 2.67. The Kier molecular flexibility index (Phi) is 5.97. The Morgan fingerprint density at radius 2 is 1.78 bits per heavy atom. The lowest BCUT2D eigenvalue weighted by molar-refractivity contribution is 0.0950. The number of piperidine rings is 1. The largest absolute Gasteiger partial charge is 0.348 e. The predicted octanol–water partition coefficient (Wildman–Crippen LogP) is 3.35. The number of aryl methyl sites for hydroxylation is 1. The van der Waals surface area contributed by atoms with Crippen LogP contribution in [0.15, 0.2) is 53.4 Å². The van der Waals surface area contributed by atoms with E-state index in [4.69, 9.17) is 0 Å². The summed E-state index contributed by atoms with van der Waals surface area (Å²) in [5.41, 5.74) is 2.15. The SMILES string of the molecule is Cc1ccc(S(=O)(=O)N2CCC(C)CC2)cc1C(=O)NCc1ccccc1. The molecule has 0 aromatic heterocycles. The smallest absolute Gasteiger partial charge is 0.251 e. The monoisotopic (exact) mass is 386 g/mol. The van der Waals surface area contributed by atoms with Crippen molar-refractivity contribution >= 4 is 15.9 Å². The van der Waals surface area contributed by atoms with Crippen LogP contribution in [-0.2, 0) is 16.6 Å². The summed E-state index contributed by atoms with van der Waals surface area (Å²) in [5.74, 6) is 0.287. The van der Waals surface area contributed by atoms with E-state index in [-0.39, 0.29) is 10.8 Å². The Morgan fingerprint density at radius 1 is 1.11 bits per heavy atom. The molecule has 0 spiro atoms. The molecule has 2 aromatic rings. The van der Waals surface area contributed by atoms with E-state index in [0.717, 1.165) is 24.0 Å². The second-order valence-electron chi connectivity index (χ2n) is 7.23. The van der Waals surface area contributed by atoms with Gasteiger partial charge in [-0.1, -0.05) is 43.3 Å². The summed E-state index contributed by atoms with van der Waals surface area (Å²) >= 11 is 0. The highest BCUT2D eigenvalue weighted by atomic mass is 32.2. The van der Waals surface area contributed by atoms with E-state index >= 15 is 0 Å². The van der Waals surface area contributed by atoms with Crippen molar-refractivity contribution in [2.45, 2.75) is 38.1 Å². The first kappa shape index (κ1) is 19.6. The van der Waals surface area contributed by atoms with Crippen LogP contribution in [0.2, 0.25) is 0 Å². The van der Waals surface area contributed by atoms with Crippen molar-refractivity contribution in [2.75, 3.05) is 13.1 Å². The Morgan fingerprint density at radius 3 is 2.44 bits per heavy atom. The van der Waals surface area contributed by atoms with Gasteiger partial charge in [0.25, 0.3) is 5.91 Å². The topological polar surface area (TPSA) is 66.5 Å². The van der Waals surface area contributed by atoms with E-state index in [9.17, 15) is 13.2 Å². The van der Waals surface area contributed by atoms with Gasteiger partial charge in [0, 0.05) is 25.2 Å². The van der Waals surface area contributed by atoms with Gasteiger partial charge in [-0.3, -0.25) is 4.79 Å². The summed E-state index contributed by atoms with van der Waals surface area (Å²) in [4.78, 5) is 12.8. The van der Waals surface area contributed by atoms with Crippen LogP contribution in [-0.4, -0.2) is 31.7 Å². The fourth-order valence-corrected chi connectivity index (χ4v) is 4.75. The molecular weight excluding hydrogens is 360 g/mol. The molecule has 0 aliphatic carbocycles. The average molecular weight is 387 g/mol. The summed E-state index contributed by atoms with van der Waals surface area (Å²) in [6.07, 6.45) is 1.74. The quantitative estimate of drug-likeness (QED) is 0.857. The van der Waals surface area contributed by atoms with Crippen LogP contribution in [0.5, 0.6) is 0 Å². The molecule has 1 aliphatic heterocycles. The third-order valence-electron chi connectivity index (χ3n) is 5.13. The maximum atomic E-state index is 13.0. The van der Waals surface area contributed by atoms with Gasteiger partial charge in [-0.25, -0.2) is 8.42 Å². The van der Waals surface area contributed by atoms with Crippen LogP contribution >= 0.6 is 0 Å². The summed E-state index contributed by atoms with van der Waals surface area (Å²) in [5, 5.41) is 2.87. The fourth-order valence-electron chi connectivity index (χ4n) is 3.25. The zero-order valence-electron chi connectivity index (χ0n) is 15.8. The number of hydrogen-bond acceptors (Lipinski definition) is 3. The maximum Gasteiger partial charge on any atom is 0.251 e. The molecule has 2 aromatic carbocycles. The molecule has 1 amide bonds. The highest BCUT2D eigenvalue weighted by Crippen LogP contribution is 2.25. The van der Waals surface area contributed by atoms with E-state index < -0.39 is 10.0 Å². The molecule has 1 aliphatic rings. The molecular formula is C21H26N2O3S. The minimum atomic E-state index is -3.57. The summed E-state index contributed by atoms with van der Waals surface area (Å²) < 4.78 is 27.4. The Balaban J connectivity index is 1.78. The molecule has 27 heavy (non-hydrogen) atoms. The Bertz CT molecular complexity index is 902. The van der Waals surface area contributed by atoms with Crippen LogP contribution in [0, 0.1) is 12.8 Å². The normalized spacial score (nSPS) is 16.2. The fraction of sp³-hybridized carbons (Fsp3) is 0.381. The standard InChI is InChI=1S/C21H26N2O3S/c1-16-10-12-23(13-11-16)27(25,26)19-9-8-17(2)20(14-19)21(24)22-15-18-6-4-3-5-7-18/h3-9,14,16H,10-13,15H2,1-2H3,(H,22,24). The van der Waals surface area contributed by atoms with Crippen LogP contribution in [0.4, 0.5) is 0 Å². The van der Waals surface area contributed by atoms with Gasteiger partial charge in [-0.05, 0) is 48.9 Å². The lowest BCUT2D eigenvalue weighted by Gasteiger charge is -2.29. The molecule has 0 atom stereocenters. The van der Waals surface area contributed by atoms with Crippen molar-refractivity contribution in [1.29, 1.82) is 0 Å². The van der Waals surface area contributed by atoms with Crippen LogP contribution < -0.4 is 5.32 Å². The zero-order valence-corrected chi connectivity index (χ0v) is 16.6. The molecule has 1 N–H and O–H groups in total. The number of rotatable bonds is 5. The summed E-state index contributed by atoms with van der Waals surface area (Å²) in [7, 11) is -3.57. The van der Waals surface area contributed by atoms with Gasteiger partial charge in [-0.2, -0.15) is 4.31 Å². The second kappa shape index (κ2) is 8.23. The maximum absolute atomic E-state index is 13.0. The molecule has 1 heterocycles. The number of amides is 1. The molecule has 1 saturated heterocycles. The first-order valence-corrected chi connectivity index (χ1v) is 10.7. The van der Waals surface area contributed by atoms with Crippen LogP contribution in [0.3, 0.4) is 0 Å². The molecule has 0 radical (unpaired) electrons. The molecule has 1 fully saturated rings. The number of benzene rings is 2. The van der Waals surface area contributed by atoms with Crippen LogP contribution in [0.1, 0.15) is 41.3 Å². The van der Waals surface area contributed by atoms with Gasteiger partial charge in [0.15, 0.2) is 0 Å². The van der Waals surface area contributed by atoms with Gasteiger partial charge in [-0.15, -0.1) is 0 Å². The van der Waals surface area contributed by atoms with Gasteiger partial charge < -0.3 is 5.32 Å². The van der Waals surface area contributed by atoms with Crippen molar-refractivity contribution in [3.63, 3.8) is 0 Å². The van der Waals surface area contributed by atoms with Crippen molar-refractivity contribution in [1.82, 2.24) is 9.62 Å². The lowest BCUT2D eigenvalue weighted by Crippen LogP contribution is -2.38. The summed E-state index contributed by atoms with van der Waals surface area (Å²) in [6.45, 7) is 5.43. The molecule has 3 rings (SSSR count). The minimum absolute atomic E-state index is 0.188. The van der Waals surface area contributed by atoms with E-state index in [2.05, 4.69) is 12.2 Å². The third-order valence-corrected chi connectivity index (χ3v) is 7.02. The zero-order chi connectivity index (χ0) is 19.4.